The van der Waals surface area contributed by atoms with Crippen LogP contribution in [0.1, 0.15) is 24.3 Å². The van der Waals surface area contributed by atoms with Crippen LogP contribution >= 0.6 is 35.0 Å². The second-order valence-corrected chi connectivity index (χ2v) is 7.69. The van der Waals surface area contributed by atoms with Crippen molar-refractivity contribution >= 4 is 40.9 Å². The van der Waals surface area contributed by atoms with Gasteiger partial charge in [-0.3, -0.25) is 4.79 Å². The Hall–Kier alpha value is -0.420. The lowest BCUT2D eigenvalue weighted by molar-refractivity contribution is -0.129. The zero-order valence-electron chi connectivity index (χ0n) is 12.5. The van der Waals surface area contributed by atoms with Crippen LogP contribution in [0.15, 0.2) is 18.2 Å². The van der Waals surface area contributed by atoms with Crippen molar-refractivity contribution < 1.29 is 4.79 Å². The summed E-state index contributed by atoms with van der Waals surface area (Å²) in [5.41, 5.74) is 0.855. The number of halogens is 2. The number of carbonyl (C=O) groups is 1. The van der Waals surface area contributed by atoms with E-state index in [1.54, 1.807) is 11.8 Å². The topological polar surface area (TPSA) is 23.6 Å². The van der Waals surface area contributed by atoms with E-state index in [0.29, 0.717) is 10.0 Å². The van der Waals surface area contributed by atoms with Crippen LogP contribution < -0.4 is 0 Å². The van der Waals surface area contributed by atoms with E-state index in [9.17, 15) is 4.79 Å². The average Bonchev–Trinajstić information content (AvgIpc) is 2.66. The molecule has 0 radical (unpaired) electrons. The Morgan fingerprint density at radius 3 is 2.48 bits per heavy atom. The highest BCUT2D eigenvalue weighted by Gasteiger charge is 2.39. The highest BCUT2D eigenvalue weighted by molar-refractivity contribution is 8.01. The summed E-state index contributed by atoms with van der Waals surface area (Å²) in [4.78, 5) is 16.4. The van der Waals surface area contributed by atoms with Gasteiger partial charge in [0.1, 0.15) is 5.37 Å². The van der Waals surface area contributed by atoms with Crippen molar-refractivity contribution in [3.05, 3.63) is 33.8 Å². The zero-order valence-corrected chi connectivity index (χ0v) is 14.8. The van der Waals surface area contributed by atoms with Gasteiger partial charge in [0.05, 0.1) is 5.25 Å². The Bertz CT molecular complexity index is 504. The van der Waals surface area contributed by atoms with E-state index in [4.69, 9.17) is 23.2 Å². The van der Waals surface area contributed by atoms with Gasteiger partial charge in [0, 0.05) is 22.2 Å². The molecule has 1 aromatic rings. The monoisotopic (exact) mass is 346 g/mol. The molecule has 1 aromatic carbocycles. The van der Waals surface area contributed by atoms with E-state index in [1.807, 2.05) is 44.1 Å². The van der Waals surface area contributed by atoms with Crippen molar-refractivity contribution in [1.29, 1.82) is 0 Å². The van der Waals surface area contributed by atoms with Crippen LogP contribution in [0.4, 0.5) is 0 Å². The minimum atomic E-state index is -0.0872. The zero-order chi connectivity index (χ0) is 15.6. The molecule has 2 atom stereocenters. The summed E-state index contributed by atoms with van der Waals surface area (Å²) in [6.07, 6.45) is 0.935. The quantitative estimate of drug-likeness (QED) is 0.807. The minimum Gasteiger partial charge on any atom is -0.325 e. The van der Waals surface area contributed by atoms with E-state index < -0.39 is 0 Å². The van der Waals surface area contributed by atoms with E-state index in [0.717, 1.165) is 25.1 Å². The third-order valence-corrected chi connectivity index (χ3v) is 5.51. The van der Waals surface area contributed by atoms with Gasteiger partial charge >= 0.3 is 0 Å². The minimum absolute atomic E-state index is 0.0540. The van der Waals surface area contributed by atoms with Crippen LogP contribution in [-0.4, -0.2) is 48.1 Å². The lowest BCUT2D eigenvalue weighted by Gasteiger charge is -2.26. The molecule has 0 bridgehead atoms. The predicted molar refractivity (Wildman–Crippen MR) is 91.1 cm³/mol. The number of thioether (sulfide) groups is 1. The van der Waals surface area contributed by atoms with Gasteiger partial charge in [-0.1, -0.05) is 29.3 Å². The van der Waals surface area contributed by atoms with Crippen molar-refractivity contribution in [3.63, 3.8) is 0 Å². The highest BCUT2D eigenvalue weighted by Crippen LogP contribution is 2.47. The molecular formula is C15H20Cl2N2OS. The van der Waals surface area contributed by atoms with Crippen LogP contribution in [0.2, 0.25) is 10.0 Å². The first-order valence-electron chi connectivity index (χ1n) is 6.96. The normalized spacial score (nSPS) is 22.4. The van der Waals surface area contributed by atoms with Crippen molar-refractivity contribution in [1.82, 2.24) is 9.80 Å². The second kappa shape index (κ2) is 7.23. The maximum atomic E-state index is 12.4. The molecule has 0 aromatic heterocycles. The Kier molecular flexibility index (Phi) is 5.83. The molecule has 1 aliphatic rings. The van der Waals surface area contributed by atoms with Gasteiger partial charge in [0.25, 0.3) is 0 Å². The van der Waals surface area contributed by atoms with Crippen molar-refractivity contribution in [2.24, 2.45) is 0 Å². The molecule has 0 spiro atoms. The molecule has 1 fully saturated rings. The molecule has 1 aliphatic heterocycles. The van der Waals surface area contributed by atoms with Gasteiger partial charge in [-0.25, -0.2) is 0 Å². The van der Waals surface area contributed by atoms with Gasteiger partial charge in [0.15, 0.2) is 0 Å². The molecule has 0 N–H and O–H groups in total. The molecule has 116 valence electrons. The molecule has 0 saturated carbocycles. The lowest BCUT2D eigenvalue weighted by atomic mass is 10.2. The summed E-state index contributed by atoms with van der Waals surface area (Å²) < 4.78 is 0. The first-order valence-corrected chi connectivity index (χ1v) is 8.66. The van der Waals surface area contributed by atoms with Crippen molar-refractivity contribution in [2.45, 2.75) is 24.0 Å². The average molecular weight is 347 g/mol. The molecule has 3 nitrogen and oxygen atoms in total. The maximum Gasteiger partial charge on any atom is 0.236 e. The molecule has 1 amide bonds. The van der Waals surface area contributed by atoms with E-state index in [1.165, 1.54) is 0 Å². The number of nitrogens with zero attached hydrogens (tertiary/aromatic N) is 2. The predicted octanol–water partition coefficient (Wildman–Crippen LogP) is 3.91. The fourth-order valence-corrected chi connectivity index (χ4v) is 4.55. The molecule has 21 heavy (non-hydrogen) atoms. The summed E-state index contributed by atoms with van der Waals surface area (Å²) in [6.45, 7) is 3.61. The van der Waals surface area contributed by atoms with Crippen LogP contribution in [-0.2, 0) is 4.79 Å². The SMILES string of the molecule is CC1SC(c2c(Cl)cccc2Cl)N(CCCN(C)C)C1=O. The number of rotatable bonds is 5. The fourth-order valence-electron chi connectivity index (χ4n) is 2.43. The maximum absolute atomic E-state index is 12.4. The van der Waals surface area contributed by atoms with Gasteiger partial charge in [-0.2, -0.15) is 0 Å². The summed E-state index contributed by atoms with van der Waals surface area (Å²) in [5, 5.41) is 1.11. The summed E-state index contributed by atoms with van der Waals surface area (Å²) in [6, 6.07) is 5.49. The number of hydrogen-bond acceptors (Lipinski definition) is 3. The number of amides is 1. The van der Waals surface area contributed by atoms with Crippen molar-refractivity contribution in [3.8, 4) is 0 Å². The van der Waals surface area contributed by atoms with E-state index >= 15 is 0 Å². The number of carbonyl (C=O) groups excluding carboxylic acids is 1. The molecule has 1 saturated heterocycles. The Morgan fingerprint density at radius 2 is 1.90 bits per heavy atom. The van der Waals surface area contributed by atoms with Gasteiger partial charge in [0.2, 0.25) is 5.91 Å². The second-order valence-electron chi connectivity index (χ2n) is 5.45. The molecular weight excluding hydrogens is 327 g/mol. The van der Waals surface area contributed by atoms with Crippen LogP contribution in [0.5, 0.6) is 0 Å². The first-order chi connectivity index (χ1) is 9.91. The Balaban J connectivity index is 2.21. The largest absolute Gasteiger partial charge is 0.325 e. The smallest absolute Gasteiger partial charge is 0.236 e. The Labute approximate surface area is 140 Å². The van der Waals surface area contributed by atoms with Gasteiger partial charge < -0.3 is 9.80 Å². The molecule has 6 heteroatoms. The van der Waals surface area contributed by atoms with E-state index in [-0.39, 0.29) is 16.5 Å². The lowest BCUT2D eigenvalue weighted by Crippen LogP contribution is -2.33. The van der Waals surface area contributed by atoms with Gasteiger partial charge in [-0.15, -0.1) is 11.8 Å². The van der Waals surface area contributed by atoms with Crippen molar-refractivity contribution in [2.75, 3.05) is 27.2 Å². The van der Waals surface area contributed by atoms with Crippen LogP contribution in [0, 0.1) is 0 Å². The number of hydrogen-bond donors (Lipinski definition) is 0. The summed E-state index contributed by atoms with van der Waals surface area (Å²) >= 11 is 14.2. The number of benzene rings is 1. The summed E-state index contributed by atoms with van der Waals surface area (Å²) in [7, 11) is 4.07. The standard InChI is InChI=1S/C15H20Cl2N2OS/c1-10-14(20)19(9-5-8-18(2)3)15(21-10)13-11(16)6-4-7-12(13)17/h4,6-7,10,15H,5,8-9H2,1-3H3. The highest BCUT2D eigenvalue weighted by atomic mass is 35.5. The summed E-state index contributed by atoms with van der Waals surface area (Å²) in [5.74, 6) is 0.166. The molecule has 2 rings (SSSR count). The molecule has 1 heterocycles. The van der Waals surface area contributed by atoms with E-state index in [2.05, 4.69) is 4.90 Å². The first kappa shape index (κ1) is 16.9. The molecule has 2 unspecified atom stereocenters. The Morgan fingerprint density at radius 1 is 1.29 bits per heavy atom. The van der Waals surface area contributed by atoms with Crippen LogP contribution in [0.25, 0.3) is 0 Å². The molecule has 0 aliphatic carbocycles. The van der Waals surface area contributed by atoms with Crippen LogP contribution in [0.3, 0.4) is 0 Å². The third-order valence-electron chi connectivity index (χ3n) is 3.50. The third kappa shape index (κ3) is 3.86. The van der Waals surface area contributed by atoms with Gasteiger partial charge in [-0.05, 0) is 46.1 Å². The fraction of sp³-hybridized carbons (Fsp3) is 0.533.